The smallest absolute Gasteiger partial charge is 0.174 e. The van der Waals surface area contributed by atoms with Gasteiger partial charge in [0.25, 0.3) is 0 Å². The minimum Gasteiger partial charge on any atom is -0.357 e. The summed E-state index contributed by atoms with van der Waals surface area (Å²) in [6.45, 7) is 4.24. The quantitative estimate of drug-likeness (QED) is 0.708. The van der Waals surface area contributed by atoms with Crippen LogP contribution in [0.2, 0.25) is 0 Å². The molecular formula is C21H22N4S. The summed E-state index contributed by atoms with van der Waals surface area (Å²) < 4.78 is 2.08. The number of aromatic nitrogens is 2. The Morgan fingerprint density at radius 3 is 2.46 bits per heavy atom. The van der Waals surface area contributed by atoms with Gasteiger partial charge in [0.1, 0.15) is 0 Å². The van der Waals surface area contributed by atoms with Crippen LogP contribution < -0.4 is 10.2 Å². The zero-order chi connectivity index (χ0) is 18.3. The molecule has 1 aliphatic rings. The third-order valence-electron chi connectivity index (χ3n) is 4.78. The fourth-order valence-electron chi connectivity index (χ4n) is 3.76. The lowest BCUT2D eigenvalue weighted by molar-refractivity contribution is 0.567. The Morgan fingerprint density at radius 1 is 1.08 bits per heavy atom. The van der Waals surface area contributed by atoms with Gasteiger partial charge in [-0.1, -0.05) is 12.1 Å². The number of benzene rings is 1. The van der Waals surface area contributed by atoms with Gasteiger partial charge in [0, 0.05) is 31.3 Å². The Kier molecular flexibility index (Phi) is 4.24. The molecule has 26 heavy (non-hydrogen) atoms. The first-order chi connectivity index (χ1) is 12.5. The molecule has 0 radical (unpaired) electrons. The van der Waals surface area contributed by atoms with Gasteiger partial charge in [-0.15, -0.1) is 0 Å². The third kappa shape index (κ3) is 2.99. The van der Waals surface area contributed by atoms with E-state index in [0.717, 1.165) is 16.5 Å². The van der Waals surface area contributed by atoms with Crippen LogP contribution in [0.5, 0.6) is 0 Å². The molecule has 2 aromatic heterocycles. The van der Waals surface area contributed by atoms with Gasteiger partial charge in [-0.3, -0.25) is 4.98 Å². The lowest BCUT2D eigenvalue weighted by atomic mass is 9.98. The molecule has 1 saturated heterocycles. The molecule has 0 amide bonds. The van der Waals surface area contributed by atoms with E-state index in [0.29, 0.717) is 0 Å². The molecule has 0 spiro atoms. The predicted molar refractivity (Wildman–Crippen MR) is 109 cm³/mol. The van der Waals surface area contributed by atoms with E-state index >= 15 is 0 Å². The molecule has 3 aromatic rings. The Morgan fingerprint density at radius 2 is 1.85 bits per heavy atom. The molecule has 0 bridgehead atoms. The van der Waals surface area contributed by atoms with Gasteiger partial charge < -0.3 is 14.8 Å². The first kappa shape index (κ1) is 16.8. The molecule has 1 N–H and O–H groups in total. The van der Waals surface area contributed by atoms with Crippen LogP contribution in [0.25, 0.3) is 0 Å². The van der Waals surface area contributed by atoms with Crippen molar-refractivity contribution in [2.24, 2.45) is 7.05 Å². The zero-order valence-electron chi connectivity index (χ0n) is 15.2. The van der Waals surface area contributed by atoms with Crippen LogP contribution >= 0.6 is 12.2 Å². The van der Waals surface area contributed by atoms with Crippen LogP contribution in [0.1, 0.15) is 34.5 Å². The van der Waals surface area contributed by atoms with Crippen molar-refractivity contribution in [3.63, 3.8) is 0 Å². The van der Waals surface area contributed by atoms with Crippen LogP contribution in [0.3, 0.4) is 0 Å². The normalized spacial score (nSPS) is 19.7. The Bertz CT molecular complexity index is 927. The maximum atomic E-state index is 5.75. The lowest BCUT2D eigenvalue weighted by Gasteiger charge is -2.27. The molecule has 3 heterocycles. The fourth-order valence-corrected chi connectivity index (χ4v) is 4.11. The molecule has 1 aliphatic heterocycles. The number of nitrogens with one attached hydrogen (secondary N) is 1. The van der Waals surface area contributed by atoms with Crippen molar-refractivity contribution in [1.29, 1.82) is 0 Å². The summed E-state index contributed by atoms with van der Waals surface area (Å²) in [5, 5.41) is 4.24. The van der Waals surface area contributed by atoms with Crippen molar-refractivity contribution < 1.29 is 0 Å². The maximum absolute atomic E-state index is 5.75. The van der Waals surface area contributed by atoms with E-state index in [1.165, 1.54) is 16.7 Å². The minimum atomic E-state index is 0.00641. The number of thiocarbonyl (C=S) groups is 1. The van der Waals surface area contributed by atoms with E-state index in [2.05, 4.69) is 76.3 Å². The third-order valence-corrected chi connectivity index (χ3v) is 5.09. The van der Waals surface area contributed by atoms with Gasteiger partial charge in [-0.2, -0.15) is 0 Å². The molecule has 0 saturated carbocycles. The van der Waals surface area contributed by atoms with E-state index < -0.39 is 0 Å². The summed E-state index contributed by atoms with van der Waals surface area (Å²) in [5.74, 6) is 0. The van der Waals surface area contributed by atoms with Crippen LogP contribution in [0, 0.1) is 13.8 Å². The highest BCUT2D eigenvalue weighted by atomic mass is 32.1. The molecule has 2 atom stereocenters. The first-order valence-electron chi connectivity index (χ1n) is 8.74. The van der Waals surface area contributed by atoms with Gasteiger partial charge in [0.2, 0.25) is 0 Å². The SMILES string of the molecule is Cc1cc(C)cc(N2C(=S)NC(c3ccccn3)C2c2ccn(C)c2)c1. The molecule has 5 heteroatoms. The topological polar surface area (TPSA) is 33.1 Å². The summed E-state index contributed by atoms with van der Waals surface area (Å²) in [5.41, 5.74) is 5.80. The molecule has 132 valence electrons. The summed E-state index contributed by atoms with van der Waals surface area (Å²) >= 11 is 5.75. The highest BCUT2D eigenvalue weighted by molar-refractivity contribution is 7.80. The van der Waals surface area contributed by atoms with Crippen molar-refractivity contribution in [1.82, 2.24) is 14.9 Å². The molecule has 1 fully saturated rings. The monoisotopic (exact) mass is 362 g/mol. The van der Waals surface area contributed by atoms with Crippen molar-refractivity contribution in [3.8, 4) is 0 Å². The van der Waals surface area contributed by atoms with Crippen molar-refractivity contribution in [2.45, 2.75) is 25.9 Å². The van der Waals surface area contributed by atoms with Crippen LogP contribution in [0.15, 0.2) is 61.1 Å². The predicted octanol–water partition coefficient (Wildman–Crippen LogP) is 4.21. The van der Waals surface area contributed by atoms with Gasteiger partial charge in [-0.25, -0.2) is 0 Å². The highest BCUT2D eigenvalue weighted by Gasteiger charge is 2.41. The fraction of sp³-hybridized carbons (Fsp3) is 0.238. The maximum Gasteiger partial charge on any atom is 0.174 e. The van der Waals surface area contributed by atoms with Crippen molar-refractivity contribution in [3.05, 3.63) is 83.4 Å². The zero-order valence-corrected chi connectivity index (χ0v) is 16.0. The van der Waals surface area contributed by atoms with Crippen LogP contribution in [-0.4, -0.2) is 14.7 Å². The standard InChI is InChI=1S/C21H22N4S/c1-14-10-15(2)12-17(11-14)25-20(16-7-9-24(3)13-16)19(23-21(25)26)18-6-4-5-8-22-18/h4-13,19-20H,1-3H3,(H,23,26). The highest BCUT2D eigenvalue weighted by Crippen LogP contribution is 2.41. The van der Waals surface area contributed by atoms with Crippen LogP contribution in [0.4, 0.5) is 5.69 Å². The van der Waals surface area contributed by atoms with E-state index in [9.17, 15) is 0 Å². The number of aryl methyl sites for hydroxylation is 3. The largest absolute Gasteiger partial charge is 0.357 e. The second-order valence-corrected chi connectivity index (χ2v) is 7.34. The number of rotatable bonds is 3. The number of hydrogen-bond donors (Lipinski definition) is 1. The lowest BCUT2D eigenvalue weighted by Crippen LogP contribution is -2.29. The second kappa shape index (κ2) is 6.57. The van der Waals surface area contributed by atoms with Crippen molar-refractivity contribution >= 4 is 23.0 Å². The molecular weight excluding hydrogens is 340 g/mol. The van der Waals surface area contributed by atoms with Gasteiger partial charge >= 0.3 is 0 Å². The van der Waals surface area contributed by atoms with E-state index in [1.54, 1.807) is 0 Å². The average Bonchev–Trinajstić information content (AvgIpc) is 3.18. The molecule has 2 unspecified atom stereocenters. The van der Waals surface area contributed by atoms with Gasteiger partial charge in [0.15, 0.2) is 5.11 Å². The van der Waals surface area contributed by atoms with E-state index in [1.807, 2.05) is 25.4 Å². The molecule has 4 nitrogen and oxygen atoms in total. The van der Waals surface area contributed by atoms with Gasteiger partial charge in [0.05, 0.1) is 17.8 Å². The van der Waals surface area contributed by atoms with Gasteiger partial charge in [-0.05, 0) is 73.1 Å². The Balaban J connectivity index is 1.85. The van der Waals surface area contributed by atoms with Crippen LogP contribution in [-0.2, 0) is 7.05 Å². The Labute approximate surface area is 159 Å². The number of hydrogen-bond acceptors (Lipinski definition) is 2. The first-order valence-corrected chi connectivity index (χ1v) is 9.14. The van der Waals surface area contributed by atoms with E-state index in [4.69, 9.17) is 12.2 Å². The summed E-state index contributed by atoms with van der Waals surface area (Å²) in [4.78, 5) is 6.81. The molecule has 0 aliphatic carbocycles. The summed E-state index contributed by atoms with van der Waals surface area (Å²) in [6.07, 6.45) is 6.07. The second-order valence-electron chi connectivity index (χ2n) is 6.95. The minimum absolute atomic E-state index is 0.00641. The number of anilines is 1. The number of pyridine rings is 1. The van der Waals surface area contributed by atoms with E-state index in [-0.39, 0.29) is 12.1 Å². The molecule has 4 rings (SSSR count). The Hall–Kier alpha value is -2.66. The number of nitrogens with zero attached hydrogens (tertiary/aromatic N) is 3. The average molecular weight is 363 g/mol. The summed E-state index contributed by atoms with van der Waals surface area (Å²) in [6, 6.07) is 14.8. The molecule has 1 aromatic carbocycles. The van der Waals surface area contributed by atoms with Crippen molar-refractivity contribution in [2.75, 3.05) is 4.90 Å². The summed E-state index contributed by atoms with van der Waals surface area (Å²) in [7, 11) is 2.04.